The van der Waals surface area contributed by atoms with Crippen molar-refractivity contribution in [2.24, 2.45) is 5.92 Å². The van der Waals surface area contributed by atoms with Crippen molar-refractivity contribution in [3.05, 3.63) is 47.5 Å². The van der Waals surface area contributed by atoms with Gasteiger partial charge in [0.1, 0.15) is 0 Å². The Labute approximate surface area is 249 Å². The van der Waals surface area contributed by atoms with Crippen molar-refractivity contribution in [2.45, 2.75) is 57.9 Å². The Kier molecular flexibility index (Phi) is 11.0. The average molecular weight is 605 g/mol. The van der Waals surface area contributed by atoms with Gasteiger partial charge in [-0.25, -0.2) is 12.7 Å². The van der Waals surface area contributed by atoms with Gasteiger partial charge in [-0.05, 0) is 48.2 Å². The summed E-state index contributed by atoms with van der Waals surface area (Å²) in [7, 11) is -0.334. The molecule has 0 saturated carbocycles. The molecule has 0 aromatic heterocycles. The van der Waals surface area contributed by atoms with Gasteiger partial charge in [0.2, 0.25) is 16.8 Å². The van der Waals surface area contributed by atoms with Crippen molar-refractivity contribution in [2.75, 3.05) is 52.9 Å². The Hall–Kier alpha value is -3.02. The van der Waals surface area contributed by atoms with Crippen LogP contribution in [-0.2, 0) is 14.8 Å². The lowest BCUT2D eigenvalue weighted by Gasteiger charge is -2.30. The zero-order valence-corrected chi connectivity index (χ0v) is 25.9. The molecule has 42 heavy (non-hydrogen) atoms. The summed E-state index contributed by atoms with van der Waals surface area (Å²) < 4.78 is 50.3. The lowest BCUT2D eigenvalue weighted by atomic mass is 9.82. The fraction of sp³-hybridized carbons (Fsp3) is 0.581. The van der Waals surface area contributed by atoms with E-state index in [-0.39, 0.29) is 25.0 Å². The highest BCUT2D eigenvalue weighted by Crippen LogP contribution is 2.48. The average Bonchev–Trinajstić information content (AvgIpc) is 3.61. The number of carbonyl (C=O) groups is 1. The number of carboxylic acid groups (broad SMARTS) is 1. The van der Waals surface area contributed by atoms with Crippen molar-refractivity contribution in [3.63, 3.8) is 0 Å². The number of methoxy groups -OCH3 is 2. The topological polar surface area (TPSA) is 115 Å². The third-order valence-electron chi connectivity index (χ3n) is 8.22. The van der Waals surface area contributed by atoms with E-state index >= 15 is 0 Å². The molecule has 2 aromatic carbocycles. The molecule has 2 aliphatic heterocycles. The van der Waals surface area contributed by atoms with Crippen LogP contribution >= 0.6 is 0 Å². The summed E-state index contributed by atoms with van der Waals surface area (Å²) >= 11 is 0. The highest BCUT2D eigenvalue weighted by atomic mass is 32.2. The Balaban J connectivity index is 1.66. The van der Waals surface area contributed by atoms with Crippen LogP contribution in [0.5, 0.6) is 23.0 Å². The molecule has 232 valence electrons. The van der Waals surface area contributed by atoms with Gasteiger partial charge in [-0.1, -0.05) is 45.2 Å². The van der Waals surface area contributed by atoms with Gasteiger partial charge in [0, 0.05) is 38.1 Å². The van der Waals surface area contributed by atoms with Crippen LogP contribution in [0.15, 0.2) is 36.4 Å². The first kappa shape index (κ1) is 31.9. The Morgan fingerprint density at radius 1 is 0.952 bits per heavy atom. The van der Waals surface area contributed by atoms with Gasteiger partial charge >= 0.3 is 5.97 Å². The molecule has 3 atom stereocenters. The summed E-state index contributed by atoms with van der Waals surface area (Å²) in [5.41, 5.74) is 1.61. The van der Waals surface area contributed by atoms with E-state index in [9.17, 15) is 18.3 Å². The lowest BCUT2D eigenvalue weighted by Crippen LogP contribution is -2.40. The van der Waals surface area contributed by atoms with Crippen molar-refractivity contribution >= 4 is 16.0 Å². The molecule has 0 spiro atoms. The number of rotatable bonds is 16. The minimum atomic E-state index is -3.44. The van der Waals surface area contributed by atoms with Gasteiger partial charge in [0.25, 0.3) is 0 Å². The molecule has 2 aliphatic rings. The van der Waals surface area contributed by atoms with Crippen molar-refractivity contribution in [1.82, 2.24) is 9.21 Å². The largest absolute Gasteiger partial charge is 0.493 e. The number of unbranched alkanes of at least 4 members (excludes halogenated alkanes) is 3. The van der Waals surface area contributed by atoms with E-state index in [1.54, 1.807) is 24.6 Å². The molecule has 1 saturated heterocycles. The molecule has 0 radical (unpaired) electrons. The van der Waals surface area contributed by atoms with E-state index in [1.165, 1.54) is 0 Å². The molecule has 0 bridgehead atoms. The maximum atomic E-state index is 13.3. The second-order valence-electron chi connectivity index (χ2n) is 10.9. The molecule has 1 fully saturated rings. The number of hydrogen-bond donors (Lipinski definition) is 1. The van der Waals surface area contributed by atoms with Gasteiger partial charge in [0.05, 0.1) is 25.9 Å². The SMILES string of the molecule is CCCCCCS(=O)(=O)N(CCC)CCN1CC(c2ccc3c(c2)OCO3)[C@H](C(=O)O)[C@H]1c1ccc(OC)c(OC)c1. The minimum absolute atomic E-state index is 0.129. The second-order valence-corrected chi connectivity index (χ2v) is 13.0. The van der Waals surface area contributed by atoms with Crippen LogP contribution in [0.4, 0.5) is 0 Å². The maximum absolute atomic E-state index is 13.3. The standard InChI is InChI=1S/C31H44N2O8S/c1-5-7-8-9-17-42(36,37)33(14-6-2)16-15-32-20-24(22-10-13-26-28(18-22)41-21-40-26)29(31(34)35)30(32)23-11-12-25(38-3)27(19-23)39-4/h10-13,18-19,24,29-30H,5-9,14-17,20-21H2,1-4H3,(H,34,35)/t24?,29-,30+/m0/s1. The summed E-state index contributed by atoms with van der Waals surface area (Å²) in [5, 5.41) is 10.6. The number of hydrogen-bond acceptors (Lipinski definition) is 8. The number of fused-ring (bicyclic) bond motifs is 1. The molecule has 10 nitrogen and oxygen atoms in total. The predicted molar refractivity (Wildman–Crippen MR) is 160 cm³/mol. The van der Waals surface area contributed by atoms with Gasteiger partial charge in [-0.2, -0.15) is 0 Å². The van der Waals surface area contributed by atoms with E-state index in [0.717, 1.165) is 30.4 Å². The maximum Gasteiger partial charge on any atom is 0.309 e. The zero-order chi connectivity index (χ0) is 30.3. The summed E-state index contributed by atoms with van der Waals surface area (Å²) in [4.78, 5) is 15.1. The predicted octanol–water partition coefficient (Wildman–Crippen LogP) is 4.90. The van der Waals surface area contributed by atoms with Gasteiger partial charge in [-0.3, -0.25) is 9.69 Å². The molecule has 4 rings (SSSR count). The molecular formula is C31H44N2O8S. The monoisotopic (exact) mass is 604 g/mol. The first-order valence-electron chi connectivity index (χ1n) is 14.8. The molecule has 1 N–H and O–H groups in total. The second kappa shape index (κ2) is 14.4. The van der Waals surface area contributed by atoms with E-state index < -0.39 is 28.0 Å². The van der Waals surface area contributed by atoms with Crippen LogP contribution in [-0.4, -0.2) is 81.6 Å². The highest BCUT2D eigenvalue weighted by Gasteiger charge is 2.48. The third-order valence-corrected chi connectivity index (χ3v) is 10.2. The van der Waals surface area contributed by atoms with Crippen LogP contribution in [0.1, 0.15) is 69.0 Å². The van der Waals surface area contributed by atoms with Crippen LogP contribution in [0.25, 0.3) is 0 Å². The van der Waals surface area contributed by atoms with Gasteiger partial charge < -0.3 is 24.1 Å². The van der Waals surface area contributed by atoms with E-state index in [1.807, 2.05) is 37.3 Å². The van der Waals surface area contributed by atoms with Crippen LogP contribution in [0.2, 0.25) is 0 Å². The smallest absolute Gasteiger partial charge is 0.309 e. The van der Waals surface area contributed by atoms with Crippen LogP contribution < -0.4 is 18.9 Å². The third kappa shape index (κ3) is 7.12. The minimum Gasteiger partial charge on any atom is -0.493 e. The van der Waals surface area contributed by atoms with Gasteiger partial charge in [0.15, 0.2) is 23.0 Å². The van der Waals surface area contributed by atoms with E-state index in [0.29, 0.717) is 55.5 Å². The number of ether oxygens (including phenoxy) is 4. The molecule has 0 aliphatic carbocycles. The summed E-state index contributed by atoms with van der Waals surface area (Å²) in [6.45, 7) is 5.74. The first-order valence-corrected chi connectivity index (χ1v) is 16.4. The van der Waals surface area contributed by atoms with Crippen molar-refractivity contribution in [1.29, 1.82) is 0 Å². The first-order chi connectivity index (χ1) is 20.2. The normalized spacial score (nSPS) is 20.3. The quantitative estimate of drug-likeness (QED) is 0.267. The highest BCUT2D eigenvalue weighted by molar-refractivity contribution is 7.89. The number of nitrogens with zero attached hydrogens (tertiary/aromatic N) is 2. The number of likely N-dealkylation sites (tertiary alicyclic amines) is 1. The molecule has 11 heteroatoms. The Morgan fingerprint density at radius 3 is 2.38 bits per heavy atom. The molecule has 0 amide bonds. The van der Waals surface area contributed by atoms with Crippen molar-refractivity contribution in [3.8, 4) is 23.0 Å². The number of carboxylic acids is 1. The molecule has 2 aromatic rings. The molecule has 1 unspecified atom stereocenters. The van der Waals surface area contributed by atoms with Crippen LogP contribution in [0.3, 0.4) is 0 Å². The Morgan fingerprint density at radius 2 is 1.69 bits per heavy atom. The summed E-state index contributed by atoms with van der Waals surface area (Å²) in [6.07, 6.45) is 4.29. The van der Waals surface area contributed by atoms with Crippen molar-refractivity contribution < 1.29 is 37.3 Å². The van der Waals surface area contributed by atoms with Gasteiger partial charge in [-0.15, -0.1) is 0 Å². The fourth-order valence-electron chi connectivity index (χ4n) is 6.10. The lowest BCUT2D eigenvalue weighted by molar-refractivity contribution is -0.143. The number of sulfonamides is 1. The number of aliphatic carboxylic acids is 1. The van der Waals surface area contributed by atoms with E-state index in [4.69, 9.17) is 18.9 Å². The molecule has 2 heterocycles. The number of benzene rings is 2. The molecular weight excluding hydrogens is 560 g/mol. The summed E-state index contributed by atoms with van der Waals surface area (Å²) in [5.74, 6) is 0.338. The van der Waals surface area contributed by atoms with Crippen LogP contribution in [0, 0.1) is 5.92 Å². The zero-order valence-electron chi connectivity index (χ0n) is 25.1. The Bertz CT molecular complexity index is 1320. The summed E-state index contributed by atoms with van der Waals surface area (Å²) in [6, 6.07) is 10.5. The fourth-order valence-corrected chi connectivity index (χ4v) is 7.74. The van der Waals surface area contributed by atoms with E-state index in [2.05, 4.69) is 11.8 Å².